The number of aryl methyl sites for hydroxylation is 3. The molecule has 126 valence electrons. The standard InChI is InChI=1S/C8H11BO2.C7H10B2O4/c1-6-3-4-8(9(10)11)7(2)5-6;1-5-2-6(8(10)11)4-7(3-5)9(12)13/h3-5,10-11H,1-2H3;2-4,10-13H,1H3. The Labute approximate surface area is 142 Å². The first-order valence-corrected chi connectivity index (χ1v) is 7.39. The fourth-order valence-electron chi connectivity index (χ4n) is 2.26. The molecule has 0 radical (unpaired) electrons. The lowest BCUT2D eigenvalue weighted by atomic mass is 9.72. The van der Waals surface area contributed by atoms with Crippen LogP contribution in [-0.2, 0) is 0 Å². The molecule has 0 aliphatic carbocycles. The summed E-state index contributed by atoms with van der Waals surface area (Å²) in [4.78, 5) is 0. The molecular weight excluding hydrogens is 309 g/mol. The minimum absolute atomic E-state index is 0.253. The van der Waals surface area contributed by atoms with Gasteiger partial charge in [0.15, 0.2) is 0 Å². The third-order valence-electron chi connectivity index (χ3n) is 3.42. The summed E-state index contributed by atoms with van der Waals surface area (Å²) < 4.78 is 0. The Morgan fingerprint density at radius 2 is 1.08 bits per heavy atom. The smallest absolute Gasteiger partial charge is 0.423 e. The first-order valence-electron chi connectivity index (χ1n) is 7.39. The molecular formula is C15H21B3O6. The van der Waals surface area contributed by atoms with Crippen molar-refractivity contribution in [2.75, 3.05) is 0 Å². The monoisotopic (exact) mass is 330 g/mol. The SMILES string of the molecule is Cc1cc(B(O)O)cc(B(O)O)c1.Cc1ccc(B(O)O)c(C)c1. The van der Waals surface area contributed by atoms with E-state index < -0.39 is 21.4 Å². The van der Waals surface area contributed by atoms with Gasteiger partial charge in [-0.25, -0.2) is 0 Å². The van der Waals surface area contributed by atoms with Gasteiger partial charge >= 0.3 is 21.4 Å². The molecule has 0 amide bonds. The topological polar surface area (TPSA) is 121 Å². The Morgan fingerprint density at radius 3 is 1.46 bits per heavy atom. The second-order valence-corrected chi connectivity index (χ2v) is 5.66. The van der Waals surface area contributed by atoms with Crippen LogP contribution in [0.15, 0.2) is 36.4 Å². The van der Waals surface area contributed by atoms with Crippen molar-refractivity contribution in [1.29, 1.82) is 0 Å². The van der Waals surface area contributed by atoms with Crippen molar-refractivity contribution in [2.45, 2.75) is 20.8 Å². The highest BCUT2D eigenvalue weighted by Crippen LogP contribution is 2.00. The quantitative estimate of drug-likeness (QED) is 0.342. The Hall–Kier alpha value is -1.61. The summed E-state index contributed by atoms with van der Waals surface area (Å²) in [7, 11) is -4.52. The van der Waals surface area contributed by atoms with Crippen molar-refractivity contribution < 1.29 is 30.1 Å². The van der Waals surface area contributed by atoms with Crippen LogP contribution in [-0.4, -0.2) is 51.5 Å². The summed E-state index contributed by atoms with van der Waals surface area (Å²) in [6.07, 6.45) is 0. The minimum Gasteiger partial charge on any atom is -0.423 e. The third kappa shape index (κ3) is 6.12. The molecule has 0 bridgehead atoms. The van der Waals surface area contributed by atoms with Crippen LogP contribution in [0.1, 0.15) is 16.7 Å². The Kier molecular flexibility index (Phi) is 7.69. The zero-order valence-electron chi connectivity index (χ0n) is 13.9. The number of benzene rings is 2. The highest BCUT2D eigenvalue weighted by molar-refractivity contribution is 6.62. The number of rotatable bonds is 3. The molecule has 2 aromatic carbocycles. The minimum atomic E-state index is -1.59. The van der Waals surface area contributed by atoms with Gasteiger partial charge in [-0.15, -0.1) is 0 Å². The van der Waals surface area contributed by atoms with Gasteiger partial charge in [0.05, 0.1) is 0 Å². The van der Waals surface area contributed by atoms with Gasteiger partial charge in [0.2, 0.25) is 0 Å². The van der Waals surface area contributed by atoms with E-state index in [2.05, 4.69) is 0 Å². The molecule has 0 aliphatic rings. The normalized spacial score (nSPS) is 9.88. The van der Waals surface area contributed by atoms with Crippen molar-refractivity contribution in [2.24, 2.45) is 0 Å². The van der Waals surface area contributed by atoms with Gasteiger partial charge in [0.25, 0.3) is 0 Å². The Bertz CT molecular complexity index is 650. The van der Waals surface area contributed by atoms with E-state index in [1.807, 2.05) is 26.0 Å². The van der Waals surface area contributed by atoms with E-state index in [4.69, 9.17) is 30.1 Å². The molecule has 0 aliphatic heterocycles. The highest BCUT2D eigenvalue weighted by Gasteiger charge is 2.17. The van der Waals surface area contributed by atoms with Crippen LogP contribution in [0.4, 0.5) is 0 Å². The fraction of sp³-hybridized carbons (Fsp3) is 0.200. The molecule has 0 atom stereocenters. The maximum Gasteiger partial charge on any atom is 0.488 e. The lowest BCUT2D eigenvalue weighted by Crippen LogP contribution is -2.38. The summed E-state index contributed by atoms with van der Waals surface area (Å²) in [5.41, 5.74) is 3.88. The van der Waals surface area contributed by atoms with Gasteiger partial charge in [-0.3, -0.25) is 0 Å². The highest BCUT2D eigenvalue weighted by atomic mass is 16.4. The molecule has 24 heavy (non-hydrogen) atoms. The van der Waals surface area contributed by atoms with Gasteiger partial charge in [-0.05, 0) is 37.2 Å². The molecule has 2 aromatic rings. The predicted octanol–water partition coefficient (Wildman–Crippen LogP) is -2.66. The largest absolute Gasteiger partial charge is 0.488 e. The van der Waals surface area contributed by atoms with Crippen LogP contribution in [0.3, 0.4) is 0 Å². The van der Waals surface area contributed by atoms with E-state index in [0.717, 1.165) is 16.7 Å². The second-order valence-electron chi connectivity index (χ2n) is 5.66. The third-order valence-corrected chi connectivity index (χ3v) is 3.42. The van der Waals surface area contributed by atoms with Crippen LogP contribution >= 0.6 is 0 Å². The summed E-state index contributed by atoms with van der Waals surface area (Å²) >= 11 is 0. The maximum absolute atomic E-state index is 8.85. The zero-order chi connectivity index (χ0) is 18.4. The van der Waals surface area contributed by atoms with Crippen molar-refractivity contribution >= 4 is 37.7 Å². The van der Waals surface area contributed by atoms with E-state index in [9.17, 15) is 0 Å². The molecule has 6 nitrogen and oxygen atoms in total. The molecule has 0 heterocycles. The van der Waals surface area contributed by atoms with E-state index in [1.54, 1.807) is 25.1 Å². The fourth-order valence-corrected chi connectivity index (χ4v) is 2.26. The molecule has 0 fully saturated rings. The molecule has 0 saturated carbocycles. The maximum atomic E-state index is 8.85. The first-order chi connectivity index (χ1) is 11.1. The second kappa shape index (κ2) is 9.03. The molecule has 0 unspecified atom stereocenters. The molecule has 9 heteroatoms. The van der Waals surface area contributed by atoms with Crippen LogP contribution < -0.4 is 16.4 Å². The first kappa shape index (κ1) is 20.4. The number of hydrogen-bond acceptors (Lipinski definition) is 6. The van der Waals surface area contributed by atoms with Gasteiger partial charge < -0.3 is 30.1 Å². The summed E-state index contributed by atoms with van der Waals surface area (Å²) in [6, 6.07) is 9.99. The molecule has 0 aromatic heterocycles. The lowest BCUT2D eigenvalue weighted by molar-refractivity contribution is 0.423. The lowest BCUT2D eigenvalue weighted by Gasteiger charge is -2.05. The van der Waals surface area contributed by atoms with E-state index >= 15 is 0 Å². The van der Waals surface area contributed by atoms with E-state index in [0.29, 0.717) is 5.46 Å². The van der Waals surface area contributed by atoms with Crippen molar-refractivity contribution in [3.8, 4) is 0 Å². The Morgan fingerprint density at radius 1 is 0.583 bits per heavy atom. The summed E-state index contributed by atoms with van der Waals surface area (Å²) in [5, 5.41) is 53.1. The van der Waals surface area contributed by atoms with Crippen molar-refractivity contribution in [3.63, 3.8) is 0 Å². The van der Waals surface area contributed by atoms with Crippen LogP contribution in [0, 0.1) is 20.8 Å². The summed E-state index contributed by atoms with van der Waals surface area (Å²) in [5.74, 6) is 0. The zero-order valence-corrected chi connectivity index (χ0v) is 13.9. The molecule has 2 rings (SSSR count). The van der Waals surface area contributed by atoms with Crippen LogP contribution in [0.25, 0.3) is 0 Å². The van der Waals surface area contributed by atoms with Crippen molar-refractivity contribution in [1.82, 2.24) is 0 Å². The van der Waals surface area contributed by atoms with Gasteiger partial charge in [-0.1, -0.05) is 53.1 Å². The predicted molar refractivity (Wildman–Crippen MR) is 96.6 cm³/mol. The van der Waals surface area contributed by atoms with Gasteiger partial charge in [-0.2, -0.15) is 0 Å². The van der Waals surface area contributed by atoms with E-state index in [1.165, 1.54) is 6.07 Å². The summed E-state index contributed by atoms with van der Waals surface area (Å²) in [6.45, 7) is 5.57. The molecule has 0 spiro atoms. The van der Waals surface area contributed by atoms with Crippen LogP contribution in [0.5, 0.6) is 0 Å². The average molecular weight is 330 g/mol. The van der Waals surface area contributed by atoms with Crippen LogP contribution in [0.2, 0.25) is 0 Å². The average Bonchev–Trinajstić information content (AvgIpc) is 2.46. The van der Waals surface area contributed by atoms with E-state index in [-0.39, 0.29) is 10.9 Å². The number of hydrogen-bond donors (Lipinski definition) is 6. The Balaban J connectivity index is 0.000000243. The molecule has 6 N–H and O–H groups in total. The van der Waals surface area contributed by atoms with Gasteiger partial charge in [0.1, 0.15) is 0 Å². The van der Waals surface area contributed by atoms with Gasteiger partial charge in [0, 0.05) is 0 Å². The molecule has 0 saturated heterocycles. The van der Waals surface area contributed by atoms with Crippen molar-refractivity contribution in [3.05, 3.63) is 53.1 Å².